The van der Waals surface area contributed by atoms with Gasteiger partial charge in [-0.2, -0.15) is 3.71 Å². The number of hydrogen-bond donors (Lipinski definition) is 0. The second-order valence-corrected chi connectivity index (χ2v) is 9.02. The van der Waals surface area contributed by atoms with Crippen LogP contribution in [0.3, 0.4) is 0 Å². The van der Waals surface area contributed by atoms with Gasteiger partial charge in [0.15, 0.2) is 5.82 Å². The highest BCUT2D eigenvalue weighted by molar-refractivity contribution is 8.10. The average molecular weight is 402 g/mol. The normalized spacial score (nSPS) is 12.2. The van der Waals surface area contributed by atoms with E-state index in [-0.39, 0.29) is 10.1 Å². The van der Waals surface area contributed by atoms with E-state index in [2.05, 4.69) is 0 Å². The Morgan fingerprint density at radius 1 is 1.12 bits per heavy atom. The van der Waals surface area contributed by atoms with E-state index >= 15 is 0 Å². The lowest BCUT2D eigenvalue weighted by atomic mass is 10.2. The average Bonchev–Trinajstić information content (AvgIpc) is 2.47. The minimum atomic E-state index is -4.77. The predicted molar refractivity (Wildman–Crippen MR) is 81.6 cm³/mol. The molecule has 25 heavy (non-hydrogen) atoms. The first kappa shape index (κ1) is 21.2. The lowest BCUT2D eigenvalue weighted by molar-refractivity contribution is -0.255. The van der Waals surface area contributed by atoms with Crippen LogP contribution in [0.2, 0.25) is 0 Å². The molecular weight excluding hydrogens is 387 g/mol. The molecule has 0 fully saturated rings. The van der Waals surface area contributed by atoms with E-state index in [0.29, 0.717) is 12.1 Å². The number of alkyl halides is 1. The number of carbonyl (C=O) groups is 1. The number of rotatable bonds is 9. The van der Waals surface area contributed by atoms with Crippen molar-refractivity contribution >= 4 is 31.7 Å². The molecule has 1 aromatic carbocycles. The van der Waals surface area contributed by atoms with Gasteiger partial charge in [-0.3, -0.25) is 4.39 Å². The van der Waals surface area contributed by atoms with Gasteiger partial charge in [0.05, 0.1) is 29.7 Å². The van der Waals surface area contributed by atoms with Crippen molar-refractivity contribution in [3.8, 4) is 0 Å². The number of carbonyl (C=O) groups excluding carboxylic acids is 1. The molecule has 0 amide bonds. The standard InChI is InChI=1S/C13H16F3NO6S2/c1-2-7-24(20,21)17(25(22,23)8-3-6-14)10-5-4-9(15)11(12(10)16)13(18)19/h4-5H,2-3,6-8H2,1H3,(H,18,19)/p-1. The van der Waals surface area contributed by atoms with Crippen LogP contribution in [-0.4, -0.2) is 41.0 Å². The second-order valence-electron chi connectivity index (χ2n) is 4.91. The van der Waals surface area contributed by atoms with Gasteiger partial charge >= 0.3 is 0 Å². The largest absolute Gasteiger partial charge is 0.545 e. The Morgan fingerprint density at radius 2 is 1.68 bits per heavy atom. The Labute approximate surface area is 143 Å². The first-order chi connectivity index (χ1) is 11.5. The van der Waals surface area contributed by atoms with E-state index in [1.54, 1.807) is 0 Å². The van der Waals surface area contributed by atoms with Crippen molar-refractivity contribution in [2.24, 2.45) is 0 Å². The van der Waals surface area contributed by atoms with Crippen LogP contribution in [0.15, 0.2) is 12.1 Å². The molecular formula is C13H15F3NO6S2-. The van der Waals surface area contributed by atoms with Gasteiger partial charge in [0.2, 0.25) is 20.0 Å². The first-order valence-corrected chi connectivity index (χ1v) is 10.2. The number of hydrogen-bond acceptors (Lipinski definition) is 6. The number of anilines is 1. The molecule has 1 rings (SSSR count). The fourth-order valence-electron chi connectivity index (χ4n) is 2.00. The van der Waals surface area contributed by atoms with Gasteiger partial charge in [0, 0.05) is 0 Å². The maximum atomic E-state index is 14.4. The molecule has 7 nitrogen and oxygen atoms in total. The number of benzene rings is 1. The summed E-state index contributed by atoms with van der Waals surface area (Å²) in [5, 5.41) is 10.9. The summed E-state index contributed by atoms with van der Waals surface area (Å²) in [5.74, 6) is -7.44. The summed E-state index contributed by atoms with van der Waals surface area (Å²) in [6.45, 7) is 0.342. The first-order valence-electron chi connectivity index (χ1n) is 7.00. The number of nitrogens with zero attached hydrogens (tertiary/aromatic N) is 1. The number of aromatic carboxylic acids is 1. The Balaban J connectivity index is 3.71. The van der Waals surface area contributed by atoms with Crippen LogP contribution in [0.25, 0.3) is 0 Å². The van der Waals surface area contributed by atoms with E-state index in [9.17, 15) is 39.9 Å². The van der Waals surface area contributed by atoms with Crippen molar-refractivity contribution in [3.05, 3.63) is 29.3 Å². The number of sulfonamides is 2. The topological polar surface area (TPSA) is 112 Å². The smallest absolute Gasteiger partial charge is 0.248 e. The quantitative estimate of drug-likeness (QED) is 0.597. The number of carboxylic acid groups (broad SMARTS) is 1. The molecule has 0 unspecified atom stereocenters. The van der Waals surface area contributed by atoms with Crippen molar-refractivity contribution < 1.29 is 39.9 Å². The van der Waals surface area contributed by atoms with E-state index in [0.717, 1.165) is 0 Å². The van der Waals surface area contributed by atoms with E-state index in [1.807, 2.05) is 0 Å². The molecule has 0 spiro atoms. The van der Waals surface area contributed by atoms with Gasteiger partial charge in [-0.25, -0.2) is 25.6 Å². The molecule has 1 aromatic rings. The zero-order chi connectivity index (χ0) is 19.4. The van der Waals surface area contributed by atoms with Crippen LogP contribution in [0.4, 0.5) is 18.9 Å². The van der Waals surface area contributed by atoms with Gasteiger partial charge in [-0.05, 0) is 25.0 Å². The molecule has 142 valence electrons. The summed E-state index contributed by atoms with van der Waals surface area (Å²) in [7, 11) is -9.41. The third-order valence-corrected chi connectivity index (χ3v) is 7.47. The van der Waals surface area contributed by atoms with Crippen molar-refractivity contribution in [1.29, 1.82) is 0 Å². The molecule has 0 N–H and O–H groups in total. The Hall–Kier alpha value is -1.82. The van der Waals surface area contributed by atoms with Crippen molar-refractivity contribution in [3.63, 3.8) is 0 Å². The molecule has 12 heteroatoms. The summed E-state index contributed by atoms with van der Waals surface area (Å²) < 4.78 is 89.0. The molecule has 0 radical (unpaired) electrons. The van der Waals surface area contributed by atoms with Gasteiger partial charge in [0.1, 0.15) is 11.5 Å². The SMILES string of the molecule is CCCS(=O)(=O)N(c1ccc(F)c(C(=O)[O-])c1F)S(=O)(=O)CCCF. The monoisotopic (exact) mass is 402 g/mol. The highest BCUT2D eigenvalue weighted by Gasteiger charge is 2.36. The molecule has 0 saturated carbocycles. The predicted octanol–water partition coefficient (Wildman–Crippen LogP) is 0.564. The number of halogens is 3. The Bertz CT molecular complexity index is 855. The van der Waals surface area contributed by atoms with E-state index in [4.69, 9.17) is 0 Å². The molecule has 0 aliphatic rings. The van der Waals surface area contributed by atoms with Gasteiger partial charge in [-0.1, -0.05) is 6.92 Å². The third kappa shape index (κ3) is 4.63. The summed E-state index contributed by atoms with van der Waals surface area (Å²) in [6.07, 6.45) is -0.593. The fourth-order valence-corrected chi connectivity index (χ4v) is 6.04. The van der Waals surface area contributed by atoms with Gasteiger partial charge in [0.25, 0.3) is 0 Å². The molecule has 0 atom stereocenters. The lowest BCUT2D eigenvalue weighted by Crippen LogP contribution is -2.41. The van der Waals surface area contributed by atoms with E-state index < -0.39 is 73.5 Å². The van der Waals surface area contributed by atoms with Crippen molar-refractivity contribution in [1.82, 2.24) is 0 Å². The second kappa shape index (κ2) is 8.04. The molecule has 0 aromatic heterocycles. The highest BCUT2D eigenvalue weighted by Crippen LogP contribution is 2.30. The lowest BCUT2D eigenvalue weighted by Gasteiger charge is -2.25. The summed E-state index contributed by atoms with van der Waals surface area (Å²) in [4.78, 5) is 10.9. The van der Waals surface area contributed by atoms with Crippen molar-refractivity contribution in [2.45, 2.75) is 19.8 Å². The van der Waals surface area contributed by atoms with Crippen molar-refractivity contribution in [2.75, 3.05) is 21.9 Å². The maximum Gasteiger partial charge on any atom is 0.248 e. The van der Waals surface area contributed by atoms with Crippen LogP contribution < -0.4 is 8.82 Å². The van der Waals surface area contributed by atoms with E-state index in [1.165, 1.54) is 6.92 Å². The van der Waals surface area contributed by atoms with Crippen LogP contribution in [0.1, 0.15) is 30.1 Å². The molecule has 0 aliphatic heterocycles. The van der Waals surface area contributed by atoms with Gasteiger partial charge < -0.3 is 9.90 Å². The fraction of sp³-hybridized carbons (Fsp3) is 0.462. The van der Waals surface area contributed by atoms with Crippen LogP contribution in [0, 0.1) is 11.6 Å². The van der Waals surface area contributed by atoms with Gasteiger partial charge in [-0.15, -0.1) is 0 Å². The zero-order valence-electron chi connectivity index (χ0n) is 13.0. The molecule has 0 aliphatic carbocycles. The minimum absolute atomic E-state index is 0.0341. The summed E-state index contributed by atoms with van der Waals surface area (Å²) in [5.41, 5.74) is -2.79. The highest BCUT2D eigenvalue weighted by atomic mass is 32.3. The third-order valence-electron chi connectivity index (χ3n) is 2.97. The summed E-state index contributed by atoms with van der Waals surface area (Å²) in [6, 6.07) is 0.889. The Morgan fingerprint density at radius 3 is 2.16 bits per heavy atom. The zero-order valence-corrected chi connectivity index (χ0v) is 14.7. The van der Waals surface area contributed by atoms with Crippen LogP contribution >= 0.6 is 0 Å². The summed E-state index contributed by atoms with van der Waals surface area (Å²) >= 11 is 0. The van der Waals surface area contributed by atoms with Crippen LogP contribution in [0.5, 0.6) is 0 Å². The minimum Gasteiger partial charge on any atom is -0.545 e. The van der Waals surface area contributed by atoms with Crippen LogP contribution in [-0.2, 0) is 20.0 Å². The number of carboxylic acids is 1. The Kier molecular flexibility index (Phi) is 6.82. The molecule has 0 heterocycles. The maximum absolute atomic E-state index is 14.4. The molecule has 0 saturated heterocycles. The molecule has 0 bridgehead atoms.